The summed E-state index contributed by atoms with van der Waals surface area (Å²) in [5.74, 6) is 0.825. The van der Waals surface area contributed by atoms with Crippen LogP contribution >= 0.6 is 0 Å². The molecular weight excluding hydrogens is 174 g/mol. The molecule has 0 bridgehead atoms. The van der Waals surface area contributed by atoms with E-state index in [9.17, 15) is 0 Å². The first kappa shape index (κ1) is 12.0. The van der Waals surface area contributed by atoms with Gasteiger partial charge in [0.25, 0.3) is 0 Å². The van der Waals surface area contributed by atoms with E-state index in [4.69, 9.17) is 5.73 Å². The molecule has 1 aliphatic heterocycles. The van der Waals surface area contributed by atoms with Crippen LogP contribution in [0.4, 0.5) is 0 Å². The molecule has 84 valence electrons. The number of likely N-dealkylation sites (tertiary alicyclic amines) is 1. The van der Waals surface area contributed by atoms with E-state index in [1.54, 1.807) is 0 Å². The van der Waals surface area contributed by atoms with Crippen molar-refractivity contribution in [3.8, 4) is 0 Å². The second-order valence-electron chi connectivity index (χ2n) is 4.79. The second kappa shape index (κ2) is 5.69. The summed E-state index contributed by atoms with van der Waals surface area (Å²) in [6, 6.07) is 1.16. The molecule has 0 amide bonds. The van der Waals surface area contributed by atoms with Gasteiger partial charge in [0.15, 0.2) is 0 Å². The van der Waals surface area contributed by atoms with Gasteiger partial charge in [0.2, 0.25) is 0 Å². The van der Waals surface area contributed by atoms with Crippen LogP contribution in [0.15, 0.2) is 0 Å². The number of nitrogens with zero attached hydrogens (tertiary/aromatic N) is 1. The number of nitrogens with two attached hydrogens (primary N) is 1. The van der Waals surface area contributed by atoms with Crippen molar-refractivity contribution in [3.63, 3.8) is 0 Å². The van der Waals surface area contributed by atoms with E-state index >= 15 is 0 Å². The molecule has 0 spiro atoms. The number of hydrogen-bond donors (Lipinski definition) is 2. The van der Waals surface area contributed by atoms with Crippen LogP contribution in [0.1, 0.15) is 27.2 Å². The van der Waals surface area contributed by atoms with Crippen LogP contribution in [-0.2, 0) is 0 Å². The van der Waals surface area contributed by atoms with Crippen molar-refractivity contribution in [2.75, 3.05) is 26.2 Å². The lowest BCUT2D eigenvalue weighted by atomic mass is 10.1. The van der Waals surface area contributed by atoms with Gasteiger partial charge in [0.1, 0.15) is 0 Å². The van der Waals surface area contributed by atoms with Crippen LogP contribution in [-0.4, -0.2) is 43.2 Å². The van der Waals surface area contributed by atoms with Gasteiger partial charge in [-0.1, -0.05) is 0 Å². The molecule has 3 N–H and O–H groups in total. The maximum Gasteiger partial charge on any atom is 0.0162 e. The number of rotatable bonds is 5. The molecule has 0 aromatic rings. The predicted octanol–water partition coefficient (Wildman–Crippen LogP) is 0.654. The van der Waals surface area contributed by atoms with Crippen molar-refractivity contribution in [1.82, 2.24) is 10.2 Å². The topological polar surface area (TPSA) is 41.3 Å². The molecule has 1 heterocycles. The molecule has 0 saturated carbocycles. The lowest BCUT2D eigenvalue weighted by molar-refractivity contribution is 0.263. The average Bonchev–Trinajstić information content (AvgIpc) is 2.62. The lowest BCUT2D eigenvalue weighted by Crippen LogP contribution is -2.37. The minimum atomic E-state index is 0.461. The van der Waals surface area contributed by atoms with Crippen molar-refractivity contribution in [2.24, 2.45) is 11.7 Å². The van der Waals surface area contributed by atoms with Gasteiger partial charge >= 0.3 is 0 Å². The fraction of sp³-hybridized carbons (Fsp3) is 1.00. The smallest absolute Gasteiger partial charge is 0.0162 e. The first-order valence-corrected chi connectivity index (χ1v) is 5.81. The zero-order chi connectivity index (χ0) is 10.6. The van der Waals surface area contributed by atoms with Gasteiger partial charge in [0.05, 0.1) is 0 Å². The molecule has 1 rings (SSSR count). The van der Waals surface area contributed by atoms with E-state index in [1.165, 1.54) is 19.5 Å². The van der Waals surface area contributed by atoms with Crippen LogP contribution in [0.25, 0.3) is 0 Å². The summed E-state index contributed by atoms with van der Waals surface area (Å²) >= 11 is 0. The van der Waals surface area contributed by atoms with Gasteiger partial charge in [0, 0.05) is 25.2 Å². The van der Waals surface area contributed by atoms with Crippen molar-refractivity contribution in [3.05, 3.63) is 0 Å². The molecule has 14 heavy (non-hydrogen) atoms. The van der Waals surface area contributed by atoms with E-state index < -0.39 is 0 Å². The quantitative estimate of drug-likeness (QED) is 0.683. The minimum absolute atomic E-state index is 0.461. The highest BCUT2D eigenvalue weighted by Gasteiger charge is 2.23. The Balaban J connectivity index is 2.16. The molecule has 1 aliphatic rings. The van der Waals surface area contributed by atoms with E-state index in [2.05, 4.69) is 31.0 Å². The van der Waals surface area contributed by atoms with Crippen LogP contribution in [0.2, 0.25) is 0 Å². The number of nitrogens with one attached hydrogen (secondary N) is 1. The van der Waals surface area contributed by atoms with Gasteiger partial charge in [-0.15, -0.1) is 0 Å². The maximum absolute atomic E-state index is 5.56. The Morgan fingerprint density at radius 2 is 2.14 bits per heavy atom. The molecule has 1 fully saturated rings. The Bertz CT molecular complexity index is 159. The first-order chi connectivity index (χ1) is 6.63. The van der Waals surface area contributed by atoms with E-state index in [1.807, 2.05) is 0 Å². The normalized spacial score (nSPS) is 25.9. The van der Waals surface area contributed by atoms with Crippen LogP contribution in [0.3, 0.4) is 0 Å². The van der Waals surface area contributed by atoms with Crippen LogP contribution in [0.5, 0.6) is 0 Å². The van der Waals surface area contributed by atoms with Gasteiger partial charge in [-0.05, 0) is 46.2 Å². The van der Waals surface area contributed by atoms with E-state index in [0.717, 1.165) is 19.0 Å². The average molecular weight is 199 g/mol. The predicted molar refractivity (Wildman–Crippen MR) is 61.3 cm³/mol. The third-order valence-electron chi connectivity index (χ3n) is 3.16. The molecule has 0 aromatic carbocycles. The van der Waals surface area contributed by atoms with Crippen LogP contribution in [0, 0.1) is 5.92 Å². The Morgan fingerprint density at radius 3 is 2.64 bits per heavy atom. The highest BCUT2D eigenvalue weighted by atomic mass is 15.2. The fourth-order valence-electron chi connectivity index (χ4n) is 1.95. The van der Waals surface area contributed by atoms with Gasteiger partial charge in [-0.25, -0.2) is 0 Å². The first-order valence-electron chi connectivity index (χ1n) is 5.81. The van der Waals surface area contributed by atoms with Crippen LogP contribution < -0.4 is 11.1 Å². The molecule has 2 unspecified atom stereocenters. The number of hydrogen-bond acceptors (Lipinski definition) is 3. The zero-order valence-electron chi connectivity index (χ0n) is 9.79. The molecule has 1 saturated heterocycles. The lowest BCUT2D eigenvalue weighted by Gasteiger charge is -2.21. The Morgan fingerprint density at radius 1 is 1.43 bits per heavy atom. The van der Waals surface area contributed by atoms with Crippen molar-refractivity contribution in [2.45, 2.75) is 39.3 Å². The van der Waals surface area contributed by atoms with Crippen molar-refractivity contribution < 1.29 is 0 Å². The second-order valence-corrected chi connectivity index (χ2v) is 4.79. The van der Waals surface area contributed by atoms with E-state index in [-0.39, 0.29) is 0 Å². The largest absolute Gasteiger partial charge is 0.329 e. The fourth-order valence-corrected chi connectivity index (χ4v) is 1.95. The summed E-state index contributed by atoms with van der Waals surface area (Å²) < 4.78 is 0. The molecule has 2 atom stereocenters. The molecule has 3 heteroatoms. The Kier molecular flexibility index (Phi) is 4.85. The summed E-state index contributed by atoms with van der Waals surface area (Å²) in [6.07, 6.45) is 1.34. The minimum Gasteiger partial charge on any atom is -0.329 e. The summed E-state index contributed by atoms with van der Waals surface area (Å²) in [5.41, 5.74) is 5.56. The highest BCUT2D eigenvalue weighted by Crippen LogP contribution is 2.17. The Hall–Kier alpha value is -0.120. The monoisotopic (exact) mass is 199 g/mol. The Labute approximate surface area is 88.0 Å². The molecule has 0 aliphatic carbocycles. The summed E-state index contributed by atoms with van der Waals surface area (Å²) in [4.78, 5) is 2.56. The summed E-state index contributed by atoms with van der Waals surface area (Å²) in [5, 5.41) is 3.48. The summed E-state index contributed by atoms with van der Waals surface area (Å²) in [7, 11) is 0. The third-order valence-corrected chi connectivity index (χ3v) is 3.16. The molecule has 0 radical (unpaired) electrons. The molecular formula is C11H25N3. The standard InChI is InChI=1S/C11H25N3/c1-9(2)14-5-4-11(8-14)7-13-10(3)6-12/h9-11,13H,4-8,12H2,1-3H3. The van der Waals surface area contributed by atoms with Crippen molar-refractivity contribution >= 4 is 0 Å². The van der Waals surface area contributed by atoms with Gasteiger partial charge in [-0.2, -0.15) is 0 Å². The van der Waals surface area contributed by atoms with E-state index in [0.29, 0.717) is 12.1 Å². The zero-order valence-corrected chi connectivity index (χ0v) is 9.79. The SMILES string of the molecule is CC(CN)NCC1CCN(C(C)C)C1. The summed E-state index contributed by atoms with van der Waals surface area (Å²) in [6.45, 7) is 11.1. The third kappa shape index (κ3) is 3.56. The maximum atomic E-state index is 5.56. The van der Waals surface area contributed by atoms with Crippen molar-refractivity contribution in [1.29, 1.82) is 0 Å². The van der Waals surface area contributed by atoms with Gasteiger partial charge < -0.3 is 16.0 Å². The van der Waals surface area contributed by atoms with Gasteiger partial charge in [-0.3, -0.25) is 0 Å². The molecule has 0 aromatic heterocycles. The highest BCUT2D eigenvalue weighted by molar-refractivity contribution is 4.79. The molecule has 3 nitrogen and oxygen atoms in total.